The predicted octanol–water partition coefficient (Wildman–Crippen LogP) is 3.05. The fourth-order valence-electron chi connectivity index (χ4n) is 2.43. The molecule has 2 N–H and O–H groups in total. The van der Waals surface area contributed by atoms with E-state index >= 15 is 0 Å². The summed E-state index contributed by atoms with van der Waals surface area (Å²) in [6.45, 7) is 0. The fourth-order valence-corrected chi connectivity index (χ4v) is 2.43. The van der Waals surface area contributed by atoms with Gasteiger partial charge in [0.15, 0.2) is 0 Å². The Balaban J connectivity index is 1.44. The lowest BCUT2D eigenvalue weighted by Crippen LogP contribution is -2.13. The fraction of sp³-hybridized carbons (Fsp3) is 0. The van der Waals surface area contributed by atoms with Crippen LogP contribution in [0.15, 0.2) is 79.8 Å². The molecule has 0 radical (unpaired) electrons. The van der Waals surface area contributed by atoms with Gasteiger partial charge in [0, 0.05) is 36.0 Å². The van der Waals surface area contributed by atoms with Crippen LogP contribution in [-0.2, 0) is 0 Å². The Bertz CT molecular complexity index is 1030. The van der Waals surface area contributed by atoms with Crippen LogP contribution >= 0.6 is 0 Å². The number of pyridine rings is 1. The molecule has 0 saturated carbocycles. The van der Waals surface area contributed by atoms with E-state index in [0.717, 1.165) is 5.69 Å². The molecule has 0 unspecified atom stereocenters. The molecule has 0 bridgehead atoms. The number of nitrogens with zero attached hydrogens (tertiary/aromatic N) is 5. The van der Waals surface area contributed by atoms with Gasteiger partial charge in [-0.05, 0) is 36.4 Å². The van der Waals surface area contributed by atoms with Crippen LogP contribution in [0.1, 0.15) is 10.5 Å². The number of benzene rings is 1. The van der Waals surface area contributed by atoms with E-state index in [1.54, 1.807) is 53.6 Å². The van der Waals surface area contributed by atoms with Crippen molar-refractivity contribution in [1.82, 2.24) is 24.5 Å². The summed E-state index contributed by atoms with van der Waals surface area (Å²) in [6, 6.07) is 14.3. The SMILES string of the molecule is O=C(Nc1ccc(Nc2cc(-n3ccnc3)ncn2)cc1)c1ccccn1. The highest BCUT2D eigenvalue weighted by Gasteiger charge is 2.07. The molecule has 4 rings (SSSR count). The Morgan fingerprint density at radius 1 is 0.926 bits per heavy atom. The van der Waals surface area contributed by atoms with Gasteiger partial charge in [0.1, 0.15) is 30.0 Å². The quantitative estimate of drug-likeness (QED) is 0.570. The summed E-state index contributed by atoms with van der Waals surface area (Å²) in [6.07, 6.45) is 8.24. The van der Waals surface area contributed by atoms with Gasteiger partial charge in [-0.2, -0.15) is 0 Å². The molecule has 1 aromatic carbocycles. The van der Waals surface area contributed by atoms with Crippen molar-refractivity contribution in [2.75, 3.05) is 10.6 Å². The van der Waals surface area contributed by atoms with Gasteiger partial charge in [0.2, 0.25) is 0 Å². The number of imidazole rings is 1. The summed E-state index contributed by atoms with van der Waals surface area (Å²) in [5.74, 6) is 1.11. The van der Waals surface area contributed by atoms with Crippen molar-refractivity contribution >= 4 is 23.1 Å². The van der Waals surface area contributed by atoms with Crippen molar-refractivity contribution in [3.63, 3.8) is 0 Å². The Hall–Kier alpha value is -4.07. The molecule has 0 aliphatic rings. The number of carbonyl (C=O) groups excluding carboxylic acids is 1. The normalized spacial score (nSPS) is 10.4. The van der Waals surface area contributed by atoms with Crippen molar-refractivity contribution in [3.8, 4) is 5.82 Å². The molecule has 3 heterocycles. The number of amides is 1. The molecule has 132 valence electrons. The third-order valence-electron chi connectivity index (χ3n) is 3.73. The first-order chi connectivity index (χ1) is 13.3. The number of hydrogen-bond donors (Lipinski definition) is 2. The molecule has 0 saturated heterocycles. The number of aromatic nitrogens is 5. The third-order valence-corrected chi connectivity index (χ3v) is 3.73. The van der Waals surface area contributed by atoms with Crippen LogP contribution in [0.2, 0.25) is 0 Å². The summed E-state index contributed by atoms with van der Waals surface area (Å²) < 4.78 is 1.79. The Kier molecular flexibility index (Phi) is 4.52. The largest absolute Gasteiger partial charge is 0.340 e. The van der Waals surface area contributed by atoms with Crippen LogP contribution in [0.4, 0.5) is 17.2 Å². The van der Waals surface area contributed by atoms with Gasteiger partial charge < -0.3 is 10.6 Å². The topological polar surface area (TPSA) is 97.6 Å². The predicted molar refractivity (Wildman–Crippen MR) is 101 cm³/mol. The van der Waals surface area contributed by atoms with Crippen molar-refractivity contribution in [2.24, 2.45) is 0 Å². The Labute approximate surface area is 155 Å². The maximum absolute atomic E-state index is 12.1. The smallest absolute Gasteiger partial charge is 0.274 e. The molecule has 0 spiro atoms. The Morgan fingerprint density at radius 2 is 1.78 bits per heavy atom. The lowest BCUT2D eigenvalue weighted by atomic mass is 10.2. The van der Waals surface area contributed by atoms with Gasteiger partial charge in [-0.15, -0.1) is 0 Å². The van der Waals surface area contributed by atoms with Crippen LogP contribution in [-0.4, -0.2) is 30.4 Å². The second-order valence-corrected chi connectivity index (χ2v) is 5.60. The van der Waals surface area contributed by atoms with E-state index in [1.807, 2.05) is 24.4 Å². The first kappa shape index (κ1) is 16.4. The molecule has 4 aromatic rings. The minimum absolute atomic E-state index is 0.253. The van der Waals surface area contributed by atoms with E-state index in [9.17, 15) is 4.79 Å². The van der Waals surface area contributed by atoms with Crippen molar-refractivity contribution in [2.45, 2.75) is 0 Å². The average Bonchev–Trinajstić information content (AvgIpc) is 3.25. The molecule has 27 heavy (non-hydrogen) atoms. The van der Waals surface area contributed by atoms with Gasteiger partial charge >= 0.3 is 0 Å². The molecule has 0 fully saturated rings. The minimum Gasteiger partial charge on any atom is -0.340 e. The zero-order chi connectivity index (χ0) is 18.5. The maximum Gasteiger partial charge on any atom is 0.274 e. The summed E-state index contributed by atoms with van der Waals surface area (Å²) in [5.41, 5.74) is 1.88. The van der Waals surface area contributed by atoms with Crippen LogP contribution in [0.25, 0.3) is 5.82 Å². The second-order valence-electron chi connectivity index (χ2n) is 5.60. The maximum atomic E-state index is 12.1. The highest BCUT2D eigenvalue weighted by molar-refractivity contribution is 6.02. The zero-order valence-electron chi connectivity index (χ0n) is 14.1. The number of anilines is 3. The zero-order valence-corrected chi connectivity index (χ0v) is 14.1. The molecule has 1 amide bonds. The molecule has 0 aliphatic carbocycles. The van der Waals surface area contributed by atoms with Gasteiger partial charge in [0.05, 0.1) is 0 Å². The molecular formula is C19H15N7O. The second kappa shape index (κ2) is 7.44. The monoisotopic (exact) mass is 357 g/mol. The van der Waals surface area contributed by atoms with E-state index in [1.165, 1.54) is 6.33 Å². The summed E-state index contributed by atoms with van der Waals surface area (Å²) in [7, 11) is 0. The van der Waals surface area contributed by atoms with Crippen LogP contribution < -0.4 is 10.6 Å². The van der Waals surface area contributed by atoms with E-state index < -0.39 is 0 Å². The van der Waals surface area contributed by atoms with E-state index in [2.05, 4.69) is 30.6 Å². The molecule has 8 nitrogen and oxygen atoms in total. The lowest BCUT2D eigenvalue weighted by Gasteiger charge is -2.09. The minimum atomic E-state index is -0.253. The number of nitrogens with one attached hydrogen (secondary N) is 2. The van der Waals surface area contributed by atoms with Gasteiger partial charge in [-0.25, -0.2) is 15.0 Å². The van der Waals surface area contributed by atoms with E-state index in [-0.39, 0.29) is 5.91 Å². The molecular weight excluding hydrogens is 342 g/mol. The van der Waals surface area contributed by atoms with Gasteiger partial charge in [-0.1, -0.05) is 6.07 Å². The van der Waals surface area contributed by atoms with Crippen molar-refractivity contribution < 1.29 is 4.79 Å². The molecule has 8 heteroatoms. The average molecular weight is 357 g/mol. The van der Waals surface area contributed by atoms with E-state index in [4.69, 9.17) is 0 Å². The van der Waals surface area contributed by atoms with E-state index in [0.29, 0.717) is 23.0 Å². The summed E-state index contributed by atoms with van der Waals surface area (Å²) in [5, 5.41) is 6.02. The Morgan fingerprint density at radius 3 is 2.52 bits per heavy atom. The third kappa shape index (κ3) is 3.96. The number of carbonyl (C=O) groups is 1. The number of rotatable bonds is 5. The molecule has 0 atom stereocenters. The van der Waals surface area contributed by atoms with Crippen LogP contribution in [0, 0.1) is 0 Å². The van der Waals surface area contributed by atoms with Crippen LogP contribution in [0.3, 0.4) is 0 Å². The van der Waals surface area contributed by atoms with Gasteiger partial charge in [-0.3, -0.25) is 14.3 Å². The highest BCUT2D eigenvalue weighted by Crippen LogP contribution is 2.19. The van der Waals surface area contributed by atoms with Crippen LogP contribution in [0.5, 0.6) is 0 Å². The molecule has 0 aliphatic heterocycles. The van der Waals surface area contributed by atoms with Crippen molar-refractivity contribution in [3.05, 3.63) is 85.5 Å². The lowest BCUT2D eigenvalue weighted by molar-refractivity contribution is 0.102. The summed E-state index contributed by atoms with van der Waals surface area (Å²) >= 11 is 0. The standard InChI is InChI=1S/C19H15N7O/c27-19(16-3-1-2-8-21-16)25-15-6-4-14(5-7-15)24-17-11-18(23-12-22-17)26-10-9-20-13-26/h1-13H,(H,25,27)(H,22,23,24). The van der Waals surface area contributed by atoms with Gasteiger partial charge in [0.25, 0.3) is 5.91 Å². The first-order valence-electron chi connectivity index (χ1n) is 8.18. The first-order valence-corrected chi connectivity index (χ1v) is 8.18. The highest BCUT2D eigenvalue weighted by atomic mass is 16.1. The number of hydrogen-bond acceptors (Lipinski definition) is 6. The van der Waals surface area contributed by atoms with Crippen molar-refractivity contribution in [1.29, 1.82) is 0 Å². The summed E-state index contributed by atoms with van der Waals surface area (Å²) in [4.78, 5) is 28.6. The molecule has 3 aromatic heterocycles.